The van der Waals surface area contributed by atoms with Crippen molar-refractivity contribution in [3.05, 3.63) is 47.7 Å². The van der Waals surface area contributed by atoms with E-state index in [0.717, 1.165) is 48.0 Å². The minimum atomic E-state index is -3.86. The largest absolute Gasteiger partial charge is 0.422 e. The average molecular weight is 761 g/mol. The summed E-state index contributed by atoms with van der Waals surface area (Å²) in [6.45, 7) is 4.70. The summed E-state index contributed by atoms with van der Waals surface area (Å²) in [4.78, 5) is 28.2. The summed E-state index contributed by atoms with van der Waals surface area (Å²) in [6.07, 6.45) is 12.9. The number of carbonyl (C=O) groups is 2. The standard InChI is InChI=1S/C35H57N5O5S3.ClH/c1-5-6-7-8-9-10-11-12-13-14-17-29(28(2)40(27-41)25-22-36)26-35(46,47)45-34(42)37-23-24-38-48(43,44)33-21-16-18-30-31(33)19-15-20-32(30)39(3)4;/h15-16,18-21,27,38,46-47H,5-14,17,22-26,36H2,1-4H3,(H,37,42);1H. The SMILES string of the molecule is CCCCCCCCCCCCC(CC(S)(S)OC(=O)NCCNS(=O)(=O)c1cccc2c(N(C)C)cccc12)=C(C)N(C=O)CCN.Cl. The summed E-state index contributed by atoms with van der Waals surface area (Å²) < 4.78 is 33.0. The molecule has 2 amide bonds. The average Bonchev–Trinajstić information content (AvgIpc) is 3.04. The van der Waals surface area contributed by atoms with Crippen LogP contribution >= 0.6 is 37.7 Å². The van der Waals surface area contributed by atoms with Crippen molar-refractivity contribution in [3.63, 3.8) is 0 Å². The molecule has 0 aliphatic rings. The van der Waals surface area contributed by atoms with Gasteiger partial charge in [-0.3, -0.25) is 4.79 Å². The Hall–Kier alpha value is -2.16. The monoisotopic (exact) mass is 759 g/mol. The van der Waals surface area contributed by atoms with Gasteiger partial charge < -0.3 is 25.6 Å². The number of hydrogen-bond donors (Lipinski definition) is 5. The molecule has 14 heteroatoms. The second kappa shape index (κ2) is 23.3. The molecule has 0 aliphatic heterocycles. The van der Waals surface area contributed by atoms with Crippen molar-refractivity contribution in [2.45, 2.75) is 100 Å². The van der Waals surface area contributed by atoms with Crippen molar-refractivity contribution >= 4 is 76.7 Å². The summed E-state index contributed by atoms with van der Waals surface area (Å²) in [7, 11) is -0.0545. The molecule has 0 spiro atoms. The zero-order valence-electron chi connectivity index (χ0n) is 29.6. The third-order valence-corrected chi connectivity index (χ3v) is 10.3. The zero-order valence-corrected chi connectivity index (χ0v) is 33.0. The van der Waals surface area contributed by atoms with Gasteiger partial charge in [0.15, 0.2) is 0 Å². The molecule has 2 aromatic carbocycles. The molecule has 0 aliphatic carbocycles. The minimum Gasteiger partial charge on any atom is -0.422 e. The molecule has 0 heterocycles. The van der Waals surface area contributed by atoms with E-state index in [1.54, 1.807) is 23.1 Å². The van der Waals surface area contributed by atoms with Crippen molar-refractivity contribution in [3.8, 4) is 0 Å². The Morgan fingerprint density at radius 1 is 0.939 bits per heavy atom. The van der Waals surface area contributed by atoms with Crippen LogP contribution in [-0.4, -0.2) is 70.4 Å². The van der Waals surface area contributed by atoms with Crippen LogP contribution in [-0.2, 0) is 19.6 Å². The van der Waals surface area contributed by atoms with Gasteiger partial charge in [-0.05, 0) is 37.5 Å². The van der Waals surface area contributed by atoms with Gasteiger partial charge in [-0.1, -0.05) is 89.0 Å². The lowest BCUT2D eigenvalue weighted by molar-refractivity contribution is -0.116. The molecule has 278 valence electrons. The molecule has 0 saturated heterocycles. The molecule has 0 unspecified atom stereocenters. The fraction of sp³-hybridized carbons (Fsp3) is 0.600. The number of thiol groups is 2. The van der Waals surface area contributed by atoms with Crippen LogP contribution in [0.1, 0.15) is 90.9 Å². The first-order valence-electron chi connectivity index (χ1n) is 17.1. The Morgan fingerprint density at radius 2 is 1.53 bits per heavy atom. The first kappa shape index (κ1) is 44.9. The van der Waals surface area contributed by atoms with Gasteiger partial charge in [-0.2, -0.15) is 0 Å². The highest BCUT2D eigenvalue weighted by Gasteiger charge is 2.28. The lowest BCUT2D eigenvalue weighted by atomic mass is 10.0. The van der Waals surface area contributed by atoms with E-state index in [-0.39, 0.29) is 36.8 Å². The van der Waals surface area contributed by atoms with E-state index in [4.69, 9.17) is 10.5 Å². The Bertz CT molecular complexity index is 1440. The lowest BCUT2D eigenvalue weighted by Gasteiger charge is -2.28. The number of nitrogens with one attached hydrogen (secondary N) is 2. The van der Waals surface area contributed by atoms with Crippen LogP contribution < -0.4 is 20.7 Å². The topological polar surface area (TPSA) is 134 Å². The summed E-state index contributed by atoms with van der Waals surface area (Å²) in [5.41, 5.74) is 8.30. The summed E-state index contributed by atoms with van der Waals surface area (Å²) >= 11 is 9.06. The number of halogens is 1. The van der Waals surface area contributed by atoms with E-state index in [0.29, 0.717) is 24.9 Å². The summed E-state index contributed by atoms with van der Waals surface area (Å²) in [6, 6.07) is 10.7. The number of benzene rings is 2. The Labute approximate surface area is 311 Å². The molecule has 2 rings (SSSR count). The van der Waals surface area contributed by atoms with E-state index in [2.05, 4.69) is 42.2 Å². The van der Waals surface area contributed by atoms with Crippen molar-refractivity contribution < 1.29 is 22.7 Å². The molecule has 0 aromatic heterocycles. The van der Waals surface area contributed by atoms with Gasteiger partial charge >= 0.3 is 6.09 Å². The molecular weight excluding hydrogens is 702 g/mol. The van der Waals surface area contributed by atoms with E-state index >= 15 is 0 Å². The molecule has 0 saturated carbocycles. The second-order valence-electron chi connectivity index (χ2n) is 12.4. The zero-order chi connectivity index (χ0) is 35.6. The van der Waals surface area contributed by atoms with Crippen molar-refractivity contribution in [1.29, 1.82) is 0 Å². The Kier molecular flexibility index (Phi) is 21.4. The fourth-order valence-corrected chi connectivity index (χ4v) is 7.48. The first-order valence-corrected chi connectivity index (χ1v) is 19.5. The van der Waals surface area contributed by atoms with Crippen molar-refractivity contribution in [1.82, 2.24) is 14.9 Å². The quantitative estimate of drug-likeness (QED) is 0.0330. The Balaban J connectivity index is 0.0000120. The van der Waals surface area contributed by atoms with Crippen LogP contribution in [0, 0.1) is 0 Å². The number of rotatable bonds is 24. The van der Waals surface area contributed by atoms with E-state index in [1.807, 2.05) is 44.1 Å². The normalized spacial score (nSPS) is 12.2. The molecule has 0 bridgehead atoms. The van der Waals surface area contributed by atoms with Crippen LogP contribution in [0.3, 0.4) is 0 Å². The van der Waals surface area contributed by atoms with Crippen LogP contribution in [0.2, 0.25) is 0 Å². The highest BCUT2D eigenvalue weighted by molar-refractivity contribution is 8.00. The number of amides is 2. The molecular formula is C35H58ClN5O5S3. The van der Waals surface area contributed by atoms with Gasteiger partial charge in [0.25, 0.3) is 0 Å². The highest BCUT2D eigenvalue weighted by Crippen LogP contribution is 2.34. The number of allylic oxidation sites excluding steroid dienone is 1. The predicted octanol–water partition coefficient (Wildman–Crippen LogP) is 7.24. The van der Waals surface area contributed by atoms with Crippen molar-refractivity contribution in [2.75, 3.05) is 45.2 Å². The lowest BCUT2D eigenvalue weighted by Crippen LogP contribution is -2.38. The third-order valence-electron chi connectivity index (χ3n) is 8.29. The molecule has 0 fully saturated rings. The van der Waals surface area contributed by atoms with Crippen molar-refractivity contribution in [2.24, 2.45) is 5.73 Å². The van der Waals surface area contributed by atoms with Gasteiger partial charge in [-0.15, -0.1) is 37.7 Å². The summed E-state index contributed by atoms with van der Waals surface area (Å²) in [5.74, 6) is 0. The summed E-state index contributed by atoms with van der Waals surface area (Å²) in [5, 5.41) is 4.00. The number of hydrogen-bond acceptors (Lipinski definition) is 9. The fourth-order valence-electron chi connectivity index (χ4n) is 5.68. The van der Waals surface area contributed by atoms with E-state index in [9.17, 15) is 18.0 Å². The van der Waals surface area contributed by atoms with Crippen LogP contribution in [0.4, 0.5) is 10.5 Å². The molecule has 0 atom stereocenters. The van der Waals surface area contributed by atoms with Crippen LogP contribution in [0.15, 0.2) is 52.6 Å². The number of ether oxygens (including phenoxy) is 1. The van der Waals surface area contributed by atoms with Crippen LogP contribution in [0.25, 0.3) is 10.8 Å². The maximum atomic E-state index is 13.2. The molecule has 2 aromatic rings. The number of alkyl carbamates (subject to hydrolysis) is 1. The number of nitrogens with two attached hydrogens (primary N) is 1. The van der Waals surface area contributed by atoms with Crippen LogP contribution in [0.5, 0.6) is 0 Å². The van der Waals surface area contributed by atoms with Gasteiger partial charge in [0.2, 0.25) is 20.7 Å². The maximum Gasteiger partial charge on any atom is 0.409 e. The van der Waals surface area contributed by atoms with Gasteiger partial charge in [0.05, 0.1) is 4.90 Å². The smallest absolute Gasteiger partial charge is 0.409 e. The number of carbonyl (C=O) groups excluding carboxylic acids is 2. The van der Waals surface area contributed by atoms with Gasteiger partial charge in [0.1, 0.15) is 0 Å². The number of fused-ring (bicyclic) bond motifs is 1. The number of anilines is 1. The maximum absolute atomic E-state index is 13.2. The Morgan fingerprint density at radius 3 is 2.12 bits per heavy atom. The first-order chi connectivity index (χ1) is 22.9. The number of unbranched alkanes of at least 4 members (excludes halogenated alkanes) is 9. The van der Waals surface area contributed by atoms with Gasteiger partial charge in [-0.25, -0.2) is 17.9 Å². The second-order valence-corrected chi connectivity index (χ2v) is 15.9. The number of nitrogens with zero attached hydrogens (tertiary/aromatic N) is 2. The minimum absolute atomic E-state index is 0. The molecule has 4 N–H and O–H groups in total. The number of sulfonamides is 1. The molecule has 10 nitrogen and oxygen atoms in total. The molecule has 0 radical (unpaired) electrons. The van der Waals surface area contributed by atoms with E-state index in [1.165, 1.54) is 44.9 Å². The highest BCUT2D eigenvalue weighted by atomic mass is 35.5. The third kappa shape index (κ3) is 15.7. The predicted molar refractivity (Wildman–Crippen MR) is 212 cm³/mol. The van der Waals surface area contributed by atoms with E-state index < -0.39 is 20.4 Å². The van der Waals surface area contributed by atoms with Gasteiger partial charge in [0, 0.05) is 68.9 Å². The molecule has 49 heavy (non-hydrogen) atoms.